The zero-order valence-corrected chi connectivity index (χ0v) is 12.7. The van der Waals surface area contributed by atoms with Crippen molar-refractivity contribution in [3.05, 3.63) is 22.4 Å². The summed E-state index contributed by atoms with van der Waals surface area (Å²) >= 11 is 1.38. The maximum absolute atomic E-state index is 12.1. The summed E-state index contributed by atoms with van der Waals surface area (Å²) < 4.78 is 0. The van der Waals surface area contributed by atoms with Crippen LogP contribution in [0, 0.1) is 0 Å². The van der Waals surface area contributed by atoms with Gasteiger partial charge < -0.3 is 10.6 Å². The molecule has 1 aliphatic carbocycles. The Labute approximate surface area is 124 Å². The van der Waals surface area contributed by atoms with Crippen LogP contribution in [0.1, 0.15) is 55.1 Å². The highest BCUT2D eigenvalue weighted by atomic mass is 32.1. The van der Waals surface area contributed by atoms with E-state index in [-0.39, 0.29) is 17.9 Å². The van der Waals surface area contributed by atoms with Gasteiger partial charge in [-0.15, -0.1) is 11.3 Å². The minimum absolute atomic E-state index is 0.0817. The molecule has 2 rings (SSSR count). The Morgan fingerprint density at radius 3 is 2.55 bits per heavy atom. The molecule has 1 saturated carbocycles. The van der Waals surface area contributed by atoms with Crippen LogP contribution in [0.2, 0.25) is 0 Å². The fourth-order valence-corrected chi connectivity index (χ4v) is 3.12. The van der Waals surface area contributed by atoms with E-state index in [2.05, 4.69) is 10.6 Å². The third kappa shape index (κ3) is 4.34. The smallest absolute Gasteiger partial charge is 0.261 e. The Morgan fingerprint density at radius 1 is 1.25 bits per heavy atom. The molecule has 0 aromatic carbocycles. The van der Waals surface area contributed by atoms with Gasteiger partial charge in [-0.2, -0.15) is 0 Å². The summed E-state index contributed by atoms with van der Waals surface area (Å²) in [5.41, 5.74) is 0. The number of carbonyl (C=O) groups is 2. The molecule has 0 saturated heterocycles. The van der Waals surface area contributed by atoms with Crippen molar-refractivity contribution in [2.24, 2.45) is 0 Å². The molecular formula is C15H22N2O2S. The van der Waals surface area contributed by atoms with Crippen molar-refractivity contribution in [3.63, 3.8) is 0 Å². The van der Waals surface area contributed by atoms with Crippen LogP contribution in [0.15, 0.2) is 17.5 Å². The molecule has 20 heavy (non-hydrogen) atoms. The Hall–Kier alpha value is -1.36. The highest BCUT2D eigenvalue weighted by molar-refractivity contribution is 7.12. The fourth-order valence-electron chi connectivity index (χ4n) is 2.49. The lowest BCUT2D eigenvalue weighted by Gasteiger charge is -2.20. The minimum Gasteiger partial charge on any atom is -0.352 e. The zero-order chi connectivity index (χ0) is 14.4. The van der Waals surface area contributed by atoms with E-state index in [0.717, 1.165) is 12.8 Å². The highest BCUT2D eigenvalue weighted by Crippen LogP contribution is 2.17. The van der Waals surface area contributed by atoms with Gasteiger partial charge in [0.1, 0.15) is 6.04 Å². The molecule has 4 nitrogen and oxygen atoms in total. The van der Waals surface area contributed by atoms with Crippen LogP contribution in [0.5, 0.6) is 0 Å². The molecule has 0 bridgehead atoms. The van der Waals surface area contributed by atoms with Crippen LogP contribution in [0.4, 0.5) is 0 Å². The van der Waals surface area contributed by atoms with E-state index in [1.165, 1.54) is 37.0 Å². The Balaban J connectivity index is 1.80. The predicted molar refractivity (Wildman–Crippen MR) is 80.9 cm³/mol. The molecule has 2 amide bonds. The van der Waals surface area contributed by atoms with E-state index in [0.29, 0.717) is 4.88 Å². The zero-order valence-electron chi connectivity index (χ0n) is 11.9. The first-order valence-corrected chi connectivity index (χ1v) is 8.19. The SMILES string of the molecule is CC(NC(=O)c1cccs1)C(=O)NC1CCCCCC1. The second-order valence-electron chi connectivity index (χ2n) is 5.37. The number of nitrogens with one attached hydrogen (secondary N) is 2. The third-order valence-corrected chi connectivity index (χ3v) is 4.56. The van der Waals surface area contributed by atoms with Crippen LogP contribution >= 0.6 is 11.3 Å². The summed E-state index contributed by atoms with van der Waals surface area (Å²) in [5, 5.41) is 7.66. The molecule has 1 aromatic heterocycles. The number of carbonyl (C=O) groups excluding carboxylic acids is 2. The lowest BCUT2D eigenvalue weighted by Crippen LogP contribution is -2.47. The van der Waals surface area contributed by atoms with Gasteiger partial charge in [0.2, 0.25) is 5.91 Å². The molecule has 1 unspecified atom stereocenters. The first-order chi connectivity index (χ1) is 9.66. The summed E-state index contributed by atoms with van der Waals surface area (Å²) in [5.74, 6) is -0.259. The number of hydrogen-bond acceptors (Lipinski definition) is 3. The van der Waals surface area contributed by atoms with Gasteiger partial charge in [-0.25, -0.2) is 0 Å². The second kappa shape index (κ2) is 7.43. The van der Waals surface area contributed by atoms with Gasteiger partial charge in [-0.05, 0) is 31.2 Å². The van der Waals surface area contributed by atoms with Gasteiger partial charge in [0.15, 0.2) is 0 Å². The van der Waals surface area contributed by atoms with Crippen molar-refractivity contribution in [1.29, 1.82) is 0 Å². The minimum atomic E-state index is -0.493. The lowest BCUT2D eigenvalue weighted by atomic mass is 10.1. The van der Waals surface area contributed by atoms with Gasteiger partial charge in [0, 0.05) is 6.04 Å². The Kier molecular flexibility index (Phi) is 5.59. The number of thiophene rings is 1. The largest absolute Gasteiger partial charge is 0.352 e. The van der Waals surface area contributed by atoms with E-state index in [9.17, 15) is 9.59 Å². The van der Waals surface area contributed by atoms with Crippen molar-refractivity contribution >= 4 is 23.2 Å². The maximum atomic E-state index is 12.1. The Bertz CT molecular complexity index is 437. The van der Waals surface area contributed by atoms with E-state index in [4.69, 9.17) is 0 Å². The highest BCUT2D eigenvalue weighted by Gasteiger charge is 2.20. The van der Waals surface area contributed by atoms with Crippen LogP contribution in [-0.2, 0) is 4.79 Å². The second-order valence-corrected chi connectivity index (χ2v) is 6.32. The summed E-state index contributed by atoms with van der Waals surface area (Å²) in [6, 6.07) is 3.37. The quantitative estimate of drug-likeness (QED) is 0.839. The molecule has 1 fully saturated rings. The summed E-state index contributed by atoms with van der Waals surface area (Å²) in [7, 11) is 0. The molecule has 0 spiro atoms. The van der Waals surface area contributed by atoms with E-state index >= 15 is 0 Å². The first-order valence-electron chi connectivity index (χ1n) is 7.31. The van der Waals surface area contributed by atoms with Crippen molar-refractivity contribution in [2.45, 2.75) is 57.5 Å². The summed E-state index contributed by atoms with van der Waals surface area (Å²) in [4.78, 5) is 24.6. The summed E-state index contributed by atoms with van der Waals surface area (Å²) in [6.45, 7) is 1.73. The molecule has 2 N–H and O–H groups in total. The molecule has 1 heterocycles. The normalized spacial score (nSPS) is 18.1. The predicted octanol–water partition coefficient (Wildman–Crippen LogP) is 2.71. The topological polar surface area (TPSA) is 58.2 Å². The molecule has 5 heteroatoms. The molecule has 1 aliphatic rings. The number of amides is 2. The average molecular weight is 294 g/mol. The van der Waals surface area contributed by atoms with E-state index in [1.54, 1.807) is 13.0 Å². The van der Waals surface area contributed by atoms with Gasteiger partial charge in [-0.3, -0.25) is 9.59 Å². The fraction of sp³-hybridized carbons (Fsp3) is 0.600. The number of rotatable bonds is 4. The Morgan fingerprint density at radius 2 is 1.95 bits per heavy atom. The molecule has 110 valence electrons. The standard InChI is InChI=1S/C15H22N2O2S/c1-11(16-15(19)13-9-6-10-20-13)14(18)17-12-7-4-2-3-5-8-12/h6,9-12H,2-5,7-8H2,1H3,(H,16,19)(H,17,18). The van der Waals surface area contributed by atoms with E-state index in [1.807, 2.05) is 11.4 Å². The summed E-state index contributed by atoms with van der Waals surface area (Å²) in [6.07, 6.45) is 6.99. The van der Waals surface area contributed by atoms with Crippen LogP contribution < -0.4 is 10.6 Å². The van der Waals surface area contributed by atoms with Gasteiger partial charge in [0.25, 0.3) is 5.91 Å². The van der Waals surface area contributed by atoms with Crippen LogP contribution in [0.3, 0.4) is 0 Å². The number of hydrogen-bond donors (Lipinski definition) is 2. The average Bonchev–Trinajstić information content (AvgIpc) is 2.85. The van der Waals surface area contributed by atoms with Gasteiger partial charge in [-0.1, -0.05) is 31.7 Å². The van der Waals surface area contributed by atoms with Crippen molar-refractivity contribution in [2.75, 3.05) is 0 Å². The van der Waals surface area contributed by atoms with E-state index < -0.39 is 6.04 Å². The third-order valence-electron chi connectivity index (χ3n) is 3.69. The monoisotopic (exact) mass is 294 g/mol. The van der Waals surface area contributed by atoms with Gasteiger partial charge >= 0.3 is 0 Å². The van der Waals surface area contributed by atoms with Crippen LogP contribution in [-0.4, -0.2) is 23.9 Å². The molecule has 0 radical (unpaired) electrons. The van der Waals surface area contributed by atoms with Crippen LogP contribution in [0.25, 0.3) is 0 Å². The van der Waals surface area contributed by atoms with Crippen molar-refractivity contribution in [3.8, 4) is 0 Å². The molecular weight excluding hydrogens is 272 g/mol. The molecule has 1 aromatic rings. The maximum Gasteiger partial charge on any atom is 0.261 e. The van der Waals surface area contributed by atoms with Gasteiger partial charge in [0.05, 0.1) is 4.88 Å². The van der Waals surface area contributed by atoms with Crippen molar-refractivity contribution < 1.29 is 9.59 Å². The van der Waals surface area contributed by atoms with Crippen molar-refractivity contribution in [1.82, 2.24) is 10.6 Å². The lowest BCUT2D eigenvalue weighted by molar-refractivity contribution is -0.123. The first kappa shape index (κ1) is 15.0. The molecule has 0 aliphatic heterocycles. The molecule has 1 atom stereocenters.